The molecule has 2 rings (SSSR count). The molecule has 1 saturated carbocycles. The van der Waals surface area contributed by atoms with Crippen LogP contribution in [0.2, 0.25) is 0 Å². The zero-order valence-electron chi connectivity index (χ0n) is 14.3. The SMILES string of the molecule is COC1(C(=O)NC(C)C(C)C2CCCCC2)CCNCC1.Cl. The summed E-state index contributed by atoms with van der Waals surface area (Å²) in [7, 11) is 1.67. The van der Waals surface area contributed by atoms with Crippen LogP contribution in [0.5, 0.6) is 0 Å². The lowest BCUT2D eigenvalue weighted by atomic mass is 9.78. The molecule has 0 radical (unpaired) electrons. The fourth-order valence-corrected chi connectivity index (χ4v) is 3.89. The van der Waals surface area contributed by atoms with E-state index in [1.807, 2.05) is 0 Å². The lowest BCUT2D eigenvalue weighted by Gasteiger charge is -2.38. The highest BCUT2D eigenvalue weighted by Crippen LogP contribution is 2.32. The second-order valence-electron chi connectivity index (χ2n) is 6.97. The molecular weight excluding hydrogens is 300 g/mol. The Kier molecular flexibility index (Phi) is 8.15. The van der Waals surface area contributed by atoms with Crippen molar-refractivity contribution in [1.82, 2.24) is 10.6 Å². The highest BCUT2D eigenvalue weighted by atomic mass is 35.5. The van der Waals surface area contributed by atoms with Gasteiger partial charge in [-0.1, -0.05) is 39.0 Å². The Bertz CT molecular complexity index is 340. The second-order valence-corrected chi connectivity index (χ2v) is 6.97. The van der Waals surface area contributed by atoms with Gasteiger partial charge in [0.15, 0.2) is 0 Å². The average molecular weight is 333 g/mol. The van der Waals surface area contributed by atoms with Crippen LogP contribution in [0.25, 0.3) is 0 Å². The minimum absolute atomic E-state index is 0. The van der Waals surface area contributed by atoms with Gasteiger partial charge in [-0.3, -0.25) is 4.79 Å². The average Bonchev–Trinajstić information content (AvgIpc) is 2.55. The Hall–Kier alpha value is -0.320. The zero-order valence-corrected chi connectivity index (χ0v) is 15.1. The van der Waals surface area contributed by atoms with E-state index in [0.717, 1.165) is 31.8 Å². The third-order valence-corrected chi connectivity index (χ3v) is 5.76. The van der Waals surface area contributed by atoms with E-state index < -0.39 is 5.60 Å². The maximum Gasteiger partial charge on any atom is 0.252 e. The molecule has 0 aromatic heterocycles. The van der Waals surface area contributed by atoms with Crippen LogP contribution in [0.1, 0.15) is 58.8 Å². The van der Waals surface area contributed by atoms with Gasteiger partial charge in [-0.2, -0.15) is 0 Å². The molecule has 1 aliphatic heterocycles. The molecule has 0 bridgehead atoms. The van der Waals surface area contributed by atoms with Crippen LogP contribution < -0.4 is 10.6 Å². The molecule has 1 aliphatic carbocycles. The van der Waals surface area contributed by atoms with Gasteiger partial charge in [0.05, 0.1) is 0 Å². The van der Waals surface area contributed by atoms with Crippen molar-refractivity contribution in [3.05, 3.63) is 0 Å². The van der Waals surface area contributed by atoms with Gasteiger partial charge in [-0.05, 0) is 44.7 Å². The number of rotatable bonds is 5. The first kappa shape index (κ1) is 19.7. The topological polar surface area (TPSA) is 50.4 Å². The Morgan fingerprint density at radius 3 is 2.32 bits per heavy atom. The molecule has 2 fully saturated rings. The third-order valence-electron chi connectivity index (χ3n) is 5.76. The number of amides is 1. The van der Waals surface area contributed by atoms with E-state index in [2.05, 4.69) is 24.5 Å². The first-order valence-electron chi connectivity index (χ1n) is 8.66. The van der Waals surface area contributed by atoms with Crippen LogP contribution in [0.3, 0.4) is 0 Å². The largest absolute Gasteiger partial charge is 0.368 e. The number of carbonyl (C=O) groups excluding carboxylic acids is 1. The van der Waals surface area contributed by atoms with Crippen molar-refractivity contribution in [2.75, 3.05) is 20.2 Å². The zero-order chi connectivity index (χ0) is 15.3. The summed E-state index contributed by atoms with van der Waals surface area (Å²) in [6.07, 6.45) is 8.25. The fourth-order valence-electron chi connectivity index (χ4n) is 3.89. The van der Waals surface area contributed by atoms with Crippen molar-refractivity contribution in [3.8, 4) is 0 Å². The molecule has 130 valence electrons. The van der Waals surface area contributed by atoms with Crippen LogP contribution >= 0.6 is 12.4 Å². The van der Waals surface area contributed by atoms with Gasteiger partial charge in [0.25, 0.3) is 5.91 Å². The van der Waals surface area contributed by atoms with Crippen molar-refractivity contribution < 1.29 is 9.53 Å². The minimum Gasteiger partial charge on any atom is -0.368 e. The number of halogens is 1. The molecule has 0 aromatic rings. The van der Waals surface area contributed by atoms with Gasteiger partial charge in [0.1, 0.15) is 5.60 Å². The third kappa shape index (κ3) is 4.59. The minimum atomic E-state index is -0.619. The molecule has 0 aromatic carbocycles. The van der Waals surface area contributed by atoms with E-state index in [9.17, 15) is 4.79 Å². The van der Waals surface area contributed by atoms with Crippen LogP contribution in [0.4, 0.5) is 0 Å². The molecule has 2 aliphatic rings. The van der Waals surface area contributed by atoms with Crippen molar-refractivity contribution in [3.63, 3.8) is 0 Å². The van der Waals surface area contributed by atoms with E-state index in [1.165, 1.54) is 32.1 Å². The highest BCUT2D eigenvalue weighted by Gasteiger charge is 2.40. The molecule has 0 spiro atoms. The molecule has 22 heavy (non-hydrogen) atoms. The smallest absolute Gasteiger partial charge is 0.252 e. The van der Waals surface area contributed by atoms with E-state index in [4.69, 9.17) is 4.74 Å². The second kappa shape index (κ2) is 9.09. The summed E-state index contributed by atoms with van der Waals surface area (Å²) in [5, 5.41) is 6.54. The van der Waals surface area contributed by atoms with Gasteiger partial charge in [-0.15, -0.1) is 12.4 Å². The monoisotopic (exact) mass is 332 g/mol. The van der Waals surface area contributed by atoms with Gasteiger partial charge in [-0.25, -0.2) is 0 Å². The summed E-state index contributed by atoms with van der Waals surface area (Å²) in [5.41, 5.74) is -0.619. The molecule has 2 N–H and O–H groups in total. The Morgan fingerprint density at radius 1 is 1.18 bits per heavy atom. The number of carbonyl (C=O) groups is 1. The van der Waals surface area contributed by atoms with Crippen molar-refractivity contribution in [2.45, 2.75) is 70.4 Å². The molecule has 4 nitrogen and oxygen atoms in total. The van der Waals surface area contributed by atoms with Crippen LogP contribution in [0.15, 0.2) is 0 Å². The van der Waals surface area contributed by atoms with E-state index >= 15 is 0 Å². The summed E-state index contributed by atoms with van der Waals surface area (Å²) in [5.74, 6) is 1.40. The van der Waals surface area contributed by atoms with Gasteiger partial charge >= 0.3 is 0 Å². The van der Waals surface area contributed by atoms with Crippen molar-refractivity contribution >= 4 is 18.3 Å². The summed E-state index contributed by atoms with van der Waals surface area (Å²) in [6.45, 7) is 6.16. The van der Waals surface area contributed by atoms with Gasteiger partial charge in [0.2, 0.25) is 0 Å². The molecule has 2 atom stereocenters. The number of nitrogens with one attached hydrogen (secondary N) is 2. The quantitative estimate of drug-likeness (QED) is 0.814. The Labute approximate surface area is 141 Å². The maximum absolute atomic E-state index is 12.7. The molecule has 5 heteroatoms. The normalized spacial score (nSPS) is 24.9. The highest BCUT2D eigenvalue weighted by molar-refractivity contribution is 5.85. The molecular formula is C17H33ClN2O2. The molecule has 1 heterocycles. The van der Waals surface area contributed by atoms with Gasteiger partial charge in [0, 0.05) is 13.2 Å². The summed E-state index contributed by atoms with van der Waals surface area (Å²) < 4.78 is 5.61. The standard InChI is InChI=1S/C17H32N2O2.ClH/c1-13(15-7-5-4-6-8-15)14(2)19-16(20)17(21-3)9-11-18-12-10-17;/h13-15,18H,4-12H2,1-3H3,(H,19,20);1H. The lowest BCUT2D eigenvalue weighted by Crippen LogP contribution is -2.56. The van der Waals surface area contributed by atoms with E-state index in [0.29, 0.717) is 5.92 Å². The Balaban J connectivity index is 0.00000242. The molecule has 1 saturated heterocycles. The maximum atomic E-state index is 12.7. The predicted molar refractivity (Wildman–Crippen MR) is 92.4 cm³/mol. The number of hydrogen-bond donors (Lipinski definition) is 2. The van der Waals surface area contributed by atoms with E-state index in [-0.39, 0.29) is 24.4 Å². The van der Waals surface area contributed by atoms with Crippen molar-refractivity contribution in [1.29, 1.82) is 0 Å². The number of hydrogen-bond acceptors (Lipinski definition) is 3. The number of methoxy groups -OCH3 is 1. The fraction of sp³-hybridized carbons (Fsp3) is 0.941. The first-order valence-corrected chi connectivity index (χ1v) is 8.66. The van der Waals surface area contributed by atoms with Crippen LogP contribution in [-0.4, -0.2) is 37.7 Å². The van der Waals surface area contributed by atoms with E-state index in [1.54, 1.807) is 7.11 Å². The molecule has 2 unspecified atom stereocenters. The van der Waals surface area contributed by atoms with Crippen molar-refractivity contribution in [2.24, 2.45) is 11.8 Å². The first-order chi connectivity index (χ1) is 10.1. The molecule has 1 amide bonds. The summed E-state index contributed by atoms with van der Waals surface area (Å²) >= 11 is 0. The number of piperidine rings is 1. The summed E-state index contributed by atoms with van der Waals surface area (Å²) in [6, 6.07) is 0.225. The Morgan fingerprint density at radius 2 is 1.77 bits per heavy atom. The number of ether oxygens (including phenoxy) is 1. The summed E-state index contributed by atoms with van der Waals surface area (Å²) in [4.78, 5) is 12.7. The predicted octanol–water partition coefficient (Wildman–Crippen LogP) is 2.90. The van der Waals surface area contributed by atoms with Crippen LogP contribution in [-0.2, 0) is 9.53 Å². The lowest BCUT2D eigenvalue weighted by molar-refractivity contribution is -0.147. The van der Waals surface area contributed by atoms with Gasteiger partial charge < -0.3 is 15.4 Å². The van der Waals surface area contributed by atoms with Crippen LogP contribution in [0, 0.1) is 11.8 Å².